The van der Waals surface area contributed by atoms with Gasteiger partial charge in [0, 0.05) is 6.54 Å². The fourth-order valence-corrected chi connectivity index (χ4v) is 3.73. The van der Waals surface area contributed by atoms with E-state index in [1.165, 1.54) is 0 Å². The molecule has 1 aromatic rings. The minimum Gasteiger partial charge on any atom is -0.374 e. The highest BCUT2D eigenvalue weighted by Crippen LogP contribution is 2.47. The third-order valence-electron chi connectivity index (χ3n) is 4.99. The lowest BCUT2D eigenvalue weighted by Gasteiger charge is -2.26. The molecule has 1 N–H and O–H groups in total. The Hall–Kier alpha value is -1.15. The molecule has 4 unspecified atom stereocenters. The van der Waals surface area contributed by atoms with Crippen molar-refractivity contribution < 1.29 is 22.4 Å². The Balaban J connectivity index is 1.64. The van der Waals surface area contributed by atoms with Crippen LogP contribution in [0, 0.1) is 0 Å². The molecule has 116 valence electrons. The highest BCUT2D eigenvalue weighted by Gasteiger charge is 2.61. The molecule has 5 nitrogen and oxygen atoms in total. The van der Waals surface area contributed by atoms with Gasteiger partial charge in [-0.2, -0.15) is 18.2 Å². The van der Waals surface area contributed by atoms with Crippen molar-refractivity contribution >= 4 is 0 Å². The average molecular weight is 303 g/mol. The molecule has 3 fully saturated rings. The number of alkyl halides is 3. The van der Waals surface area contributed by atoms with Gasteiger partial charge < -0.3 is 14.6 Å². The van der Waals surface area contributed by atoms with Crippen molar-refractivity contribution in [1.82, 2.24) is 15.5 Å². The van der Waals surface area contributed by atoms with Gasteiger partial charge in [-0.1, -0.05) is 5.16 Å². The van der Waals surface area contributed by atoms with Gasteiger partial charge in [0.25, 0.3) is 0 Å². The first-order valence-electron chi connectivity index (χ1n) is 7.27. The van der Waals surface area contributed by atoms with Crippen molar-refractivity contribution in [1.29, 1.82) is 0 Å². The summed E-state index contributed by atoms with van der Waals surface area (Å²) in [6.45, 7) is 0.0970. The summed E-state index contributed by atoms with van der Waals surface area (Å²) < 4.78 is 51.1. The Labute approximate surface area is 119 Å². The SMILES string of the molecule is FC(F)(F)C1(c2nc(C3CC4CCC3O4)no2)CCNC1. The number of aromatic nitrogens is 2. The standard InChI is InChI=1S/C13H16F3N3O2/c14-13(15,16)12(3-4-17-6-12)11-18-10(19-21-11)8-5-7-1-2-9(8)20-7/h7-9,17H,1-6H2. The number of halogens is 3. The summed E-state index contributed by atoms with van der Waals surface area (Å²) in [5.41, 5.74) is -2.04. The lowest BCUT2D eigenvalue weighted by Crippen LogP contribution is -2.44. The van der Waals surface area contributed by atoms with Gasteiger partial charge in [-0.25, -0.2) is 0 Å². The third-order valence-corrected chi connectivity index (χ3v) is 4.99. The minimum absolute atomic E-state index is 0.0269. The molecule has 0 amide bonds. The topological polar surface area (TPSA) is 60.2 Å². The van der Waals surface area contributed by atoms with Crippen LogP contribution in [0.3, 0.4) is 0 Å². The van der Waals surface area contributed by atoms with Gasteiger partial charge in [0.05, 0.1) is 18.1 Å². The lowest BCUT2D eigenvalue weighted by molar-refractivity contribution is -0.191. The van der Waals surface area contributed by atoms with Crippen molar-refractivity contribution in [3.8, 4) is 0 Å². The number of nitrogens with one attached hydrogen (secondary N) is 1. The van der Waals surface area contributed by atoms with E-state index in [0.29, 0.717) is 12.4 Å². The quantitative estimate of drug-likeness (QED) is 0.904. The molecule has 21 heavy (non-hydrogen) atoms. The van der Waals surface area contributed by atoms with Gasteiger partial charge in [-0.05, 0) is 32.2 Å². The summed E-state index contributed by atoms with van der Waals surface area (Å²) in [5, 5.41) is 6.58. The van der Waals surface area contributed by atoms with E-state index in [9.17, 15) is 13.2 Å². The van der Waals surface area contributed by atoms with Crippen LogP contribution in [0.2, 0.25) is 0 Å². The van der Waals surface area contributed by atoms with Gasteiger partial charge in [-0.15, -0.1) is 0 Å². The number of rotatable bonds is 2. The Bertz CT molecular complexity index is 539. The first-order valence-corrected chi connectivity index (χ1v) is 7.27. The first kappa shape index (κ1) is 13.5. The highest BCUT2D eigenvalue weighted by atomic mass is 19.4. The van der Waals surface area contributed by atoms with Crippen LogP contribution >= 0.6 is 0 Å². The number of hydrogen-bond acceptors (Lipinski definition) is 5. The Morgan fingerprint density at radius 3 is 2.71 bits per heavy atom. The monoisotopic (exact) mass is 303 g/mol. The molecule has 1 aromatic heterocycles. The van der Waals surface area contributed by atoms with Crippen molar-refractivity contribution in [3.05, 3.63) is 11.7 Å². The van der Waals surface area contributed by atoms with Crippen LogP contribution in [0.4, 0.5) is 13.2 Å². The van der Waals surface area contributed by atoms with Gasteiger partial charge >= 0.3 is 6.18 Å². The largest absolute Gasteiger partial charge is 0.404 e. The van der Waals surface area contributed by atoms with Crippen molar-refractivity contribution in [2.45, 2.75) is 55.4 Å². The van der Waals surface area contributed by atoms with Crippen LogP contribution in [0.5, 0.6) is 0 Å². The zero-order valence-corrected chi connectivity index (χ0v) is 11.3. The van der Waals surface area contributed by atoms with E-state index < -0.39 is 11.6 Å². The van der Waals surface area contributed by atoms with E-state index in [-0.39, 0.29) is 37.0 Å². The smallest absolute Gasteiger partial charge is 0.374 e. The molecule has 4 atom stereocenters. The van der Waals surface area contributed by atoms with E-state index in [1.807, 2.05) is 0 Å². The van der Waals surface area contributed by atoms with E-state index in [4.69, 9.17) is 9.26 Å². The van der Waals surface area contributed by atoms with Gasteiger partial charge in [-0.3, -0.25) is 0 Å². The maximum atomic E-state index is 13.4. The molecule has 8 heteroatoms. The van der Waals surface area contributed by atoms with E-state index in [0.717, 1.165) is 19.3 Å². The van der Waals surface area contributed by atoms with Gasteiger partial charge in [0.1, 0.15) is 0 Å². The molecule has 4 heterocycles. The van der Waals surface area contributed by atoms with E-state index in [2.05, 4.69) is 15.5 Å². The summed E-state index contributed by atoms with van der Waals surface area (Å²) in [5.74, 6) is 0.0337. The van der Waals surface area contributed by atoms with Crippen LogP contribution in [0.25, 0.3) is 0 Å². The highest BCUT2D eigenvalue weighted by molar-refractivity contribution is 5.16. The van der Waals surface area contributed by atoms with E-state index >= 15 is 0 Å². The van der Waals surface area contributed by atoms with Crippen LogP contribution in [-0.4, -0.2) is 41.6 Å². The maximum Gasteiger partial charge on any atom is 0.404 e. The number of fused-ring (bicyclic) bond motifs is 2. The predicted molar refractivity (Wildman–Crippen MR) is 64.8 cm³/mol. The summed E-state index contributed by atoms with van der Waals surface area (Å²) >= 11 is 0. The minimum atomic E-state index is -4.40. The van der Waals surface area contributed by atoms with Crippen molar-refractivity contribution in [3.63, 3.8) is 0 Å². The van der Waals surface area contributed by atoms with E-state index in [1.54, 1.807) is 0 Å². The summed E-state index contributed by atoms with van der Waals surface area (Å²) in [7, 11) is 0. The molecule has 2 bridgehead atoms. The fourth-order valence-electron chi connectivity index (χ4n) is 3.73. The zero-order chi connectivity index (χ0) is 14.7. The summed E-state index contributed by atoms with van der Waals surface area (Å²) in [6, 6.07) is 0. The molecular weight excluding hydrogens is 287 g/mol. The molecule has 4 rings (SSSR count). The van der Waals surface area contributed by atoms with Crippen molar-refractivity contribution in [2.75, 3.05) is 13.1 Å². The molecule has 0 saturated carbocycles. The molecule has 0 spiro atoms. The Kier molecular flexibility index (Phi) is 2.85. The molecule has 0 aliphatic carbocycles. The second-order valence-corrected chi connectivity index (χ2v) is 6.18. The molecular formula is C13H16F3N3O2. The maximum absolute atomic E-state index is 13.4. The second-order valence-electron chi connectivity index (χ2n) is 6.18. The van der Waals surface area contributed by atoms with Gasteiger partial charge in [0.15, 0.2) is 11.2 Å². The second kappa shape index (κ2) is 4.42. The normalized spacial score (nSPS) is 39.3. The van der Waals surface area contributed by atoms with Crippen LogP contribution in [-0.2, 0) is 10.2 Å². The Morgan fingerprint density at radius 1 is 1.29 bits per heavy atom. The summed E-state index contributed by atoms with van der Waals surface area (Å²) in [4.78, 5) is 4.11. The lowest BCUT2D eigenvalue weighted by atomic mass is 9.85. The molecule has 3 saturated heterocycles. The molecule has 3 aliphatic rings. The predicted octanol–water partition coefficient (Wildman–Crippen LogP) is 1.90. The van der Waals surface area contributed by atoms with Crippen LogP contribution in [0.15, 0.2) is 4.52 Å². The first-order chi connectivity index (χ1) is 9.99. The fraction of sp³-hybridized carbons (Fsp3) is 0.846. The molecule has 0 radical (unpaired) electrons. The number of nitrogens with zero attached hydrogens (tertiary/aromatic N) is 2. The summed E-state index contributed by atoms with van der Waals surface area (Å²) in [6.07, 6.45) is -1.51. The zero-order valence-electron chi connectivity index (χ0n) is 11.3. The van der Waals surface area contributed by atoms with Crippen molar-refractivity contribution in [2.24, 2.45) is 0 Å². The Morgan fingerprint density at radius 2 is 2.14 bits per heavy atom. The molecule has 0 aromatic carbocycles. The number of ether oxygens (including phenoxy) is 1. The average Bonchev–Trinajstić information content (AvgIpc) is 3.20. The number of hydrogen-bond donors (Lipinski definition) is 1. The molecule has 3 aliphatic heterocycles. The third kappa shape index (κ3) is 1.92. The van der Waals surface area contributed by atoms with Crippen LogP contribution in [0.1, 0.15) is 43.3 Å². The van der Waals surface area contributed by atoms with Crippen LogP contribution < -0.4 is 5.32 Å². The van der Waals surface area contributed by atoms with Gasteiger partial charge in [0.2, 0.25) is 5.89 Å².